The van der Waals surface area contributed by atoms with Gasteiger partial charge in [0.1, 0.15) is 5.75 Å². The average molecular weight is 451 g/mol. The van der Waals surface area contributed by atoms with Gasteiger partial charge in [-0.05, 0) is 56.2 Å². The van der Waals surface area contributed by atoms with Gasteiger partial charge in [-0.15, -0.1) is 0 Å². The molecule has 0 fully saturated rings. The minimum absolute atomic E-state index is 0.105. The Hall–Kier alpha value is -3.32. The van der Waals surface area contributed by atoms with Crippen LogP contribution in [0.15, 0.2) is 71.6 Å². The topological polar surface area (TPSA) is 75.7 Å². The maximum absolute atomic E-state index is 13.5. The van der Waals surface area contributed by atoms with E-state index in [4.69, 9.17) is 4.74 Å². The number of benzene rings is 3. The predicted octanol–water partition coefficient (Wildman–Crippen LogP) is 3.88. The maximum Gasteiger partial charge on any atom is 0.264 e. The van der Waals surface area contributed by atoms with Crippen molar-refractivity contribution in [3.05, 3.63) is 89.0 Å². The molecule has 0 aromatic heterocycles. The molecule has 1 amide bonds. The molecular weight excluding hydrogens is 424 g/mol. The number of nitrogens with zero attached hydrogens (tertiary/aromatic N) is 1. The third-order valence-electron chi connectivity index (χ3n) is 5.47. The van der Waals surface area contributed by atoms with E-state index in [2.05, 4.69) is 5.32 Å². The van der Waals surface area contributed by atoms with Gasteiger partial charge in [-0.25, -0.2) is 8.42 Å². The van der Waals surface area contributed by atoms with Crippen LogP contribution in [0.4, 0.5) is 5.69 Å². The summed E-state index contributed by atoms with van der Waals surface area (Å²) in [6.07, 6.45) is -0.963. The van der Waals surface area contributed by atoms with E-state index in [9.17, 15) is 13.2 Å². The lowest BCUT2D eigenvalue weighted by atomic mass is 10.1. The molecule has 1 heterocycles. The Balaban J connectivity index is 1.61. The second-order valence-corrected chi connectivity index (χ2v) is 9.99. The molecule has 0 radical (unpaired) electrons. The molecule has 7 heteroatoms. The SMILES string of the molecule is Cc1ccc(CNC(=O)[C@H]2CN(S(=O)(=O)c3ccc(C)cc3)c3ccc(C)cc3O2)cc1. The molecule has 0 saturated heterocycles. The van der Waals surface area contributed by atoms with Crippen LogP contribution in [0.1, 0.15) is 22.3 Å². The zero-order valence-electron chi connectivity index (χ0n) is 18.3. The van der Waals surface area contributed by atoms with Gasteiger partial charge in [0.2, 0.25) is 0 Å². The summed E-state index contributed by atoms with van der Waals surface area (Å²) in [5, 5.41) is 2.87. The molecule has 0 spiro atoms. The number of fused-ring (bicyclic) bond motifs is 1. The first kappa shape index (κ1) is 21.9. The van der Waals surface area contributed by atoms with Crippen molar-refractivity contribution in [1.29, 1.82) is 0 Å². The number of carbonyl (C=O) groups is 1. The highest BCUT2D eigenvalue weighted by Gasteiger charge is 2.37. The van der Waals surface area contributed by atoms with Crippen LogP contribution in [0.3, 0.4) is 0 Å². The normalized spacial score (nSPS) is 15.6. The Morgan fingerprint density at radius 1 is 0.938 bits per heavy atom. The van der Waals surface area contributed by atoms with Gasteiger partial charge in [0.15, 0.2) is 6.10 Å². The van der Waals surface area contributed by atoms with E-state index < -0.39 is 16.1 Å². The van der Waals surface area contributed by atoms with E-state index in [1.54, 1.807) is 36.4 Å². The summed E-state index contributed by atoms with van der Waals surface area (Å²) in [6, 6.07) is 19.8. The molecule has 0 aliphatic carbocycles. The van der Waals surface area contributed by atoms with Crippen LogP contribution in [0.2, 0.25) is 0 Å². The highest BCUT2D eigenvalue weighted by atomic mass is 32.2. The average Bonchev–Trinajstić information content (AvgIpc) is 2.77. The van der Waals surface area contributed by atoms with Crippen LogP contribution >= 0.6 is 0 Å². The third-order valence-corrected chi connectivity index (χ3v) is 7.27. The summed E-state index contributed by atoms with van der Waals surface area (Å²) < 4.78 is 34.1. The van der Waals surface area contributed by atoms with Gasteiger partial charge in [-0.1, -0.05) is 53.6 Å². The van der Waals surface area contributed by atoms with Crippen molar-refractivity contribution in [3.8, 4) is 5.75 Å². The lowest BCUT2D eigenvalue weighted by molar-refractivity contribution is -0.127. The lowest BCUT2D eigenvalue weighted by Gasteiger charge is -2.35. The van der Waals surface area contributed by atoms with Crippen molar-refractivity contribution < 1.29 is 17.9 Å². The molecular formula is C25H26N2O4S. The summed E-state index contributed by atoms with van der Waals surface area (Å²) >= 11 is 0. The minimum Gasteiger partial charge on any atom is -0.476 e. The number of aryl methyl sites for hydroxylation is 3. The van der Waals surface area contributed by atoms with Crippen LogP contribution in [-0.2, 0) is 21.4 Å². The zero-order chi connectivity index (χ0) is 22.9. The molecule has 1 N–H and O–H groups in total. The molecule has 0 saturated carbocycles. The summed E-state index contributed by atoms with van der Waals surface area (Å²) in [5.74, 6) is 0.0178. The molecule has 32 heavy (non-hydrogen) atoms. The Morgan fingerprint density at radius 3 is 2.19 bits per heavy atom. The fraction of sp³-hybridized carbons (Fsp3) is 0.240. The van der Waals surface area contributed by atoms with E-state index >= 15 is 0 Å². The van der Waals surface area contributed by atoms with Gasteiger partial charge in [0, 0.05) is 6.54 Å². The van der Waals surface area contributed by atoms with E-state index in [0.717, 1.165) is 22.3 Å². The molecule has 166 valence electrons. The Morgan fingerprint density at radius 2 is 1.53 bits per heavy atom. The smallest absolute Gasteiger partial charge is 0.264 e. The summed E-state index contributed by atoms with van der Waals surface area (Å²) in [6.45, 7) is 6.03. The van der Waals surface area contributed by atoms with Crippen LogP contribution in [0, 0.1) is 20.8 Å². The maximum atomic E-state index is 13.5. The van der Waals surface area contributed by atoms with Crippen molar-refractivity contribution in [1.82, 2.24) is 5.32 Å². The van der Waals surface area contributed by atoms with Crippen molar-refractivity contribution in [2.24, 2.45) is 0 Å². The number of hydrogen-bond donors (Lipinski definition) is 1. The molecule has 3 aromatic rings. The monoisotopic (exact) mass is 450 g/mol. The number of sulfonamides is 1. The zero-order valence-corrected chi connectivity index (χ0v) is 19.1. The van der Waals surface area contributed by atoms with Gasteiger partial charge in [-0.2, -0.15) is 0 Å². The van der Waals surface area contributed by atoms with Crippen molar-refractivity contribution >= 4 is 21.6 Å². The molecule has 0 bridgehead atoms. The van der Waals surface area contributed by atoms with Crippen molar-refractivity contribution in [3.63, 3.8) is 0 Å². The van der Waals surface area contributed by atoms with E-state index in [1.807, 2.05) is 51.1 Å². The Kier molecular flexibility index (Phi) is 5.93. The number of ether oxygens (including phenoxy) is 1. The van der Waals surface area contributed by atoms with E-state index in [1.165, 1.54) is 4.31 Å². The fourth-order valence-electron chi connectivity index (χ4n) is 3.57. The molecule has 1 aliphatic rings. The predicted molar refractivity (Wildman–Crippen MR) is 124 cm³/mol. The van der Waals surface area contributed by atoms with Crippen LogP contribution in [0.25, 0.3) is 0 Å². The summed E-state index contributed by atoms with van der Waals surface area (Å²) in [4.78, 5) is 13.1. The molecule has 1 aliphatic heterocycles. The van der Waals surface area contributed by atoms with Crippen LogP contribution in [-0.4, -0.2) is 27.0 Å². The van der Waals surface area contributed by atoms with Crippen molar-refractivity contribution in [2.45, 2.75) is 38.3 Å². The molecule has 6 nitrogen and oxygen atoms in total. The molecule has 0 unspecified atom stereocenters. The Bertz CT molecular complexity index is 1240. The van der Waals surface area contributed by atoms with E-state index in [0.29, 0.717) is 18.0 Å². The molecule has 1 atom stereocenters. The van der Waals surface area contributed by atoms with E-state index in [-0.39, 0.29) is 17.3 Å². The van der Waals surface area contributed by atoms with Crippen molar-refractivity contribution in [2.75, 3.05) is 10.8 Å². The number of nitrogens with one attached hydrogen (secondary N) is 1. The highest BCUT2D eigenvalue weighted by molar-refractivity contribution is 7.92. The number of hydrogen-bond acceptors (Lipinski definition) is 4. The number of amides is 1. The summed E-state index contributed by atoms with van der Waals surface area (Å²) in [5.41, 5.74) is 4.41. The van der Waals surface area contributed by atoms with Crippen LogP contribution in [0.5, 0.6) is 5.75 Å². The minimum atomic E-state index is -3.87. The first-order valence-electron chi connectivity index (χ1n) is 10.4. The second-order valence-electron chi connectivity index (χ2n) is 8.13. The standard InChI is InChI=1S/C25H26N2O4S/c1-17-4-9-20(10-5-17)15-26-25(28)24-16-27(22-13-8-19(3)14-23(22)31-24)32(29,30)21-11-6-18(2)7-12-21/h4-14,24H,15-16H2,1-3H3,(H,26,28)/t24-/m1/s1. The summed E-state index contributed by atoms with van der Waals surface area (Å²) in [7, 11) is -3.87. The molecule has 4 rings (SSSR count). The second kappa shape index (κ2) is 8.67. The number of anilines is 1. The number of carbonyl (C=O) groups excluding carboxylic acids is 1. The van der Waals surface area contributed by atoms with Crippen LogP contribution < -0.4 is 14.4 Å². The van der Waals surface area contributed by atoms with Gasteiger partial charge < -0.3 is 10.1 Å². The molecule has 3 aromatic carbocycles. The fourth-order valence-corrected chi connectivity index (χ4v) is 5.05. The lowest BCUT2D eigenvalue weighted by Crippen LogP contribution is -2.50. The quantitative estimate of drug-likeness (QED) is 0.640. The van der Waals surface area contributed by atoms with Gasteiger partial charge in [0.25, 0.3) is 15.9 Å². The number of rotatable bonds is 5. The van der Waals surface area contributed by atoms with Gasteiger partial charge >= 0.3 is 0 Å². The largest absolute Gasteiger partial charge is 0.476 e. The Labute approximate surface area is 188 Å². The third kappa shape index (κ3) is 4.48. The highest BCUT2D eigenvalue weighted by Crippen LogP contribution is 2.37. The first-order valence-corrected chi connectivity index (χ1v) is 11.9. The van der Waals surface area contributed by atoms with Gasteiger partial charge in [0.05, 0.1) is 17.1 Å². The van der Waals surface area contributed by atoms with Gasteiger partial charge in [-0.3, -0.25) is 9.10 Å². The first-order chi connectivity index (χ1) is 15.2.